The van der Waals surface area contributed by atoms with E-state index in [4.69, 9.17) is 0 Å². The molecule has 2 rings (SSSR count). The lowest BCUT2D eigenvalue weighted by atomic mass is 10.2. The summed E-state index contributed by atoms with van der Waals surface area (Å²) >= 11 is 1.69. The highest BCUT2D eigenvalue weighted by atomic mass is 32.2. The summed E-state index contributed by atoms with van der Waals surface area (Å²) in [6, 6.07) is 1.04. The van der Waals surface area contributed by atoms with Crippen LogP contribution in [-0.2, 0) is 0 Å². The van der Waals surface area contributed by atoms with E-state index in [1.807, 2.05) is 6.26 Å². The maximum absolute atomic E-state index is 11.6. The van der Waals surface area contributed by atoms with Crippen LogP contribution in [0.15, 0.2) is 15.7 Å². The molecule has 1 fully saturated rings. The largest absolute Gasteiger partial charge is 0.494 e. The molecule has 0 aromatic carbocycles. The lowest BCUT2D eigenvalue weighted by Crippen LogP contribution is -2.33. The lowest BCUT2D eigenvalue weighted by molar-refractivity contribution is 0.366. The summed E-state index contributed by atoms with van der Waals surface area (Å²) in [7, 11) is 0. The van der Waals surface area contributed by atoms with E-state index in [2.05, 4.69) is 4.98 Å². The minimum absolute atomic E-state index is 0.0145. The highest BCUT2D eigenvalue weighted by Crippen LogP contribution is 2.37. The van der Waals surface area contributed by atoms with Gasteiger partial charge in [-0.1, -0.05) is 6.42 Å². The molecule has 2 atom stereocenters. The van der Waals surface area contributed by atoms with Crippen LogP contribution in [0, 0.1) is 0 Å². The van der Waals surface area contributed by atoms with E-state index in [1.54, 1.807) is 11.8 Å². The van der Waals surface area contributed by atoms with Crippen LogP contribution in [-0.4, -0.2) is 26.2 Å². The molecule has 2 N–H and O–H groups in total. The molecule has 88 valence electrons. The molecule has 1 aliphatic rings. The monoisotopic (exact) mass is 242 g/mol. The van der Waals surface area contributed by atoms with Gasteiger partial charge in [0.05, 0.1) is 12.1 Å². The number of nitrogens with one attached hydrogen (secondary N) is 1. The standard InChI is InChI=1S/C10H14N2O3S/c1-16-7-4-2-3-6(7)12-9(14)5-8(13)11-10(12)15/h5-7,14H,2-4H2,1H3,(H,11,13,15). The number of aromatic nitrogens is 2. The van der Waals surface area contributed by atoms with Gasteiger partial charge in [0, 0.05) is 5.25 Å². The predicted octanol–water partition coefficient (Wildman–Crippen LogP) is 0.699. The van der Waals surface area contributed by atoms with Crippen LogP contribution in [0.3, 0.4) is 0 Å². The number of H-pyrrole nitrogens is 1. The molecule has 5 nitrogen and oxygen atoms in total. The number of aromatic amines is 1. The zero-order chi connectivity index (χ0) is 11.7. The Labute approximate surface area is 96.5 Å². The third-order valence-corrected chi connectivity index (χ3v) is 4.16. The van der Waals surface area contributed by atoms with Gasteiger partial charge in [-0.2, -0.15) is 11.8 Å². The van der Waals surface area contributed by atoms with Gasteiger partial charge in [0.2, 0.25) is 5.88 Å². The van der Waals surface area contributed by atoms with Crippen molar-refractivity contribution < 1.29 is 5.11 Å². The first kappa shape index (κ1) is 11.3. The Morgan fingerprint density at radius 1 is 1.50 bits per heavy atom. The van der Waals surface area contributed by atoms with Crippen LogP contribution < -0.4 is 11.2 Å². The Morgan fingerprint density at radius 3 is 2.88 bits per heavy atom. The van der Waals surface area contributed by atoms with Crippen molar-refractivity contribution in [1.29, 1.82) is 0 Å². The first-order valence-corrected chi connectivity index (χ1v) is 6.50. The van der Waals surface area contributed by atoms with Gasteiger partial charge in [-0.15, -0.1) is 0 Å². The van der Waals surface area contributed by atoms with Crippen LogP contribution in [0.1, 0.15) is 25.3 Å². The number of hydrogen-bond acceptors (Lipinski definition) is 4. The normalized spacial score (nSPS) is 24.8. The van der Waals surface area contributed by atoms with E-state index in [-0.39, 0.29) is 11.9 Å². The number of thioether (sulfide) groups is 1. The molecule has 1 aliphatic carbocycles. The average molecular weight is 242 g/mol. The Kier molecular flexibility index (Phi) is 3.09. The van der Waals surface area contributed by atoms with Crippen LogP contribution in [0.5, 0.6) is 5.88 Å². The van der Waals surface area contributed by atoms with E-state index in [9.17, 15) is 14.7 Å². The first-order valence-electron chi connectivity index (χ1n) is 5.21. The molecule has 1 aromatic rings. The van der Waals surface area contributed by atoms with Gasteiger partial charge >= 0.3 is 5.69 Å². The Morgan fingerprint density at radius 2 is 2.25 bits per heavy atom. The third-order valence-electron chi connectivity index (χ3n) is 3.01. The molecule has 0 bridgehead atoms. The summed E-state index contributed by atoms with van der Waals surface area (Å²) in [5, 5.41) is 10.0. The molecule has 0 spiro atoms. The van der Waals surface area contributed by atoms with Crippen LogP contribution in [0.4, 0.5) is 0 Å². The molecular weight excluding hydrogens is 228 g/mol. The van der Waals surface area contributed by atoms with Crippen molar-refractivity contribution in [2.75, 3.05) is 6.26 Å². The molecule has 0 saturated heterocycles. The maximum atomic E-state index is 11.6. The molecule has 0 amide bonds. The first-order chi connectivity index (χ1) is 7.63. The molecule has 1 heterocycles. The fraction of sp³-hybridized carbons (Fsp3) is 0.600. The van der Waals surface area contributed by atoms with E-state index in [0.29, 0.717) is 5.25 Å². The van der Waals surface area contributed by atoms with Crippen molar-refractivity contribution in [1.82, 2.24) is 9.55 Å². The zero-order valence-corrected chi connectivity index (χ0v) is 9.79. The summed E-state index contributed by atoms with van der Waals surface area (Å²) in [4.78, 5) is 24.8. The van der Waals surface area contributed by atoms with Crippen LogP contribution in [0.2, 0.25) is 0 Å². The average Bonchev–Trinajstić information content (AvgIpc) is 2.64. The van der Waals surface area contributed by atoms with Gasteiger partial charge in [-0.3, -0.25) is 14.3 Å². The van der Waals surface area contributed by atoms with Gasteiger partial charge in [0.15, 0.2) is 0 Å². The van der Waals surface area contributed by atoms with Crippen LogP contribution >= 0.6 is 11.8 Å². The minimum Gasteiger partial charge on any atom is -0.494 e. The van der Waals surface area contributed by atoms with Gasteiger partial charge in [-0.25, -0.2) is 4.79 Å². The van der Waals surface area contributed by atoms with E-state index in [1.165, 1.54) is 4.57 Å². The minimum atomic E-state index is -0.558. The van der Waals surface area contributed by atoms with Crippen molar-refractivity contribution in [2.24, 2.45) is 0 Å². The third kappa shape index (κ3) is 1.89. The van der Waals surface area contributed by atoms with Crippen molar-refractivity contribution in [3.05, 3.63) is 26.9 Å². The van der Waals surface area contributed by atoms with Gasteiger partial charge in [-0.05, 0) is 19.1 Å². The van der Waals surface area contributed by atoms with Crippen molar-refractivity contribution >= 4 is 11.8 Å². The van der Waals surface area contributed by atoms with Crippen LogP contribution in [0.25, 0.3) is 0 Å². The molecule has 1 aromatic heterocycles. The number of aromatic hydroxyl groups is 1. The fourth-order valence-corrected chi connectivity index (χ4v) is 3.26. The SMILES string of the molecule is CSC1CCCC1n1c(O)cc(=O)[nH]c1=O. The molecular formula is C10H14N2O3S. The summed E-state index contributed by atoms with van der Waals surface area (Å²) in [5.41, 5.74) is -1.08. The Balaban J connectivity index is 2.48. The maximum Gasteiger partial charge on any atom is 0.331 e. The quantitative estimate of drug-likeness (QED) is 0.800. The lowest BCUT2D eigenvalue weighted by Gasteiger charge is -2.20. The van der Waals surface area contributed by atoms with Crippen molar-refractivity contribution in [3.8, 4) is 5.88 Å². The van der Waals surface area contributed by atoms with Crippen molar-refractivity contribution in [3.63, 3.8) is 0 Å². The molecule has 16 heavy (non-hydrogen) atoms. The summed E-state index contributed by atoms with van der Waals surface area (Å²) in [5.74, 6) is -0.236. The zero-order valence-electron chi connectivity index (χ0n) is 8.97. The molecule has 0 aliphatic heterocycles. The summed E-state index contributed by atoms with van der Waals surface area (Å²) in [6.45, 7) is 0. The van der Waals surface area contributed by atoms with Crippen molar-refractivity contribution in [2.45, 2.75) is 30.6 Å². The van der Waals surface area contributed by atoms with E-state index < -0.39 is 11.2 Å². The number of nitrogens with zero attached hydrogens (tertiary/aromatic N) is 1. The Hall–Kier alpha value is -1.17. The van der Waals surface area contributed by atoms with Gasteiger partial charge in [0.1, 0.15) is 0 Å². The number of hydrogen-bond donors (Lipinski definition) is 2. The Bertz CT molecular complexity index is 494. The molecule has 0 radical (unpaired) electrons. The molecule has 1 saturated carbocycles. The highest BCUT2D eigenvalue weighted by Gasteiger charge is 2.30. The second-order valence-electron chi connectivity index (χ2n) is 3.94. The second kappa shape index (κ2) is 4.37. The topological polar surface area (TPSA) is 75.1 Å². The molecule has 6 heteroatoms. The van der Waals surface area contributed by atoms with E-state index in [0.717, 1.165) is 25.3 Å². The molecule has 2 unspecified atom stereocenters. The van der Waals surface area contributed by atoms with Gasteiger partial charge < -0.3 is 5.11 Å². The second-order valence-corrected chi connectivity index (χ2v) is 5.02. The smallest absolute Gasteiger partial charge is 0.331 e. The summed E-state index contributed by atoms with van der Waals surface area (Å²) < 4.78 is 1.30. The van der Waals surface area contributed by atoms with E-state index >= 15 is 0 Å². The predicted molar refractivity (Wildman–Crippen MR) is 63.2 cm³/mol. The fourth-order valence-electron chi connectivity index (χ4n) is 2.29. The van der Waals surface area contributed by atoms with Gasteiger partial charge in [0.25, 0.3) is 5.56 Å². The number of rotatable bonds is 2. The highest BCUT2D eigenvalue weighted by molar-refractivity contribution is 7.99. The summed E-state index contributed by atoms with van der Waals surface area (Å²) in [6.07, 6.45) is 4.94.